The standard InChI is InChI=1S/C21H30N2O4/c1-4-23(11-14-6-7-14)13(3)21(25)10-9-15(22-26)19-18(21)17-12(2)5-8-16(24)20(17)27-19/h5,8,13-14,18-19,24-26H,4,6-7,9-11H2,1-3H3/b22-15-. The van der Waals surface area contributed by atoms with Crippen molar-refractivity contribution in [3.05, 3.63) is 23.3 Å². The van der Waals surface area contributed by atoms with E-state index in [1.807, 2.05) is 13.0 Å². The van der Waals surface area contributed by atoms with Crippen molar-refractivity contribution in [3.8, 4) is 11.5 Å². The van der Waals surface area contributed by atoms with Gasteiger partial charge >= 0.3 is 0 Å². The lowest BCUT2D eigenvalue weighted by atomic mass is 9.66. The van der Waals surface area contributed by atoms with Crippen molar-refractivity contribution in [1.82, 2.24) is 4.90 Å². The lowest BCUT2D eigenvalue weighted by Gasteiger charge is -2.48. The Kier molecular flexibility index (Phi) is 4.59. The second-order valence-corrected chi connectivity index (χ2v) is 8.45. The third-order valence-corrected chi connectivity index (χ3v) is 6.90. The summed E-state index contributed by atoms with van der Waals surface area (Å²) < 4.78 is 6.06. The van der Waals surface area contributed by atoms with Gasteiger partial charge in [-0.15, -0.1) is 0 Å². The molecule has 0 spiro atoms. The number of aromatic hydroxyl groups is 1. The average molecular weight is 374 g/mol. The molecule has 0 radical (unpaired) electrons. The highest BCUT2D eigenvalue weighted by Crippen LogP contribution is 2.55. The Balaban J connectivity index is 1.77. The minimum absolute atomic E-state index is 0.0628. The Hall–Kier alpha value is -1.79. The number of phenolic OH excluding ortho intramolecular Hbond substituents is 1. The molecule has 27 heavy (non-hydrogen) atoms. The molecule has 3 N–H and O–H groups in total. The van der Waals surface area contributed by atoms with Crippen LogP contribution in [0.2, 0.25) is 0 Å². The van der Waals surface area contributed by atoms with Crippen LogP contribution in [0.25, 0.3) is 0 Å². The van der Waals surface area contributed by atoms with E-state index in [2.05, 4.69) is 23.9 Å². The summed E-state index contributed by atoms with van der Waals surface area (Å²) in [6.45, 7) is 8.09. The van der Waals surface area contributed by atoms with E-state index in [0.29, 0.717) is 24.3 Å². The molecule has 2 fully saturated rings. The van der Waals surface area contributed by atoms with Crippen LogP contribution in [0.1, 0.15) is 56.6 Å². The number of fused-ring (bicyclic) bond motifs is 3. The predicted molar refractivity (Wildman–Crippen MR) is 103 cm³/mol. The molecule has 1 heterocycles. The molecule has 4 rings (SSSR count). The normalized spacial score (nSPS) is 32.3. The van der Waals surface area contributed by atoms with Crippen LogP contribution in [0.3, 0.4) is 0 Å². The van der Waals surface area contributed by atoms with Crippen molar-refractivity contribution in [3.63, 3.8) is 0 Å². The smallest absolute Gasteiger partial charge is 0.165 e. The number of hydrogen-bond acceptors (Lipinski definition) is 6. The van der Waals surface area contributed by atoms with Gasteiger partial charge in [-0.1, -0.05) is 18.1 Å². The molecule has 4 atom stereocenters. The molecule has 0 saturated heterocycles. The minimum atomic E-state index is -1.02. The van der Waals surface area contributed by atoms with Gasteiger partial charge in [0.25, 0.3) is 0 Å². The van der Waals surface area contributed by atoms with Crippen LogP contribution in [0.4, 0.5) is 0 Å². The van der Waals surface area contributed by atoms with E-state index in [1.54, 1.807) is 6.07 Å². The number of ether oxygens (including phenoxy) is 1. The molecular weight excluding hydrogens is 344 g/mol. The zero-order chi connectivity index (χ0) is 19.3. The third kappa shape index (κ3) is 2.90. The molecule has 0 bridgehead atoms. The number of benzene rings is 1. The summed E-state index contributed by atoms with van der Waals surface area (Å²) in [4.78, 5) is 2.37. The van der Waals surface area contributed by atoms with Crippen molar-refractivity contribution >= 4 is 5.71 Å². The predicted octanol–water partition coefficient (Wildman–Crippen LogP) is 3.02. The second-order valence-electron chi connectivity index (χ2n) is 8.45. The fourth-order valence-electron chi connectivity index (χ4n) is 5.03. The fourth-order valence-corrected chi connectivity index (χ4v) is 5.03. The minimum Gasteiger partial charge on any atom is -0.504 e. The molecule has 1 aromatic rings. The largest absolute Gasteiger partial charge is 0.504 e. The molecule has 3 aliphatic rings. The maximum Gasteiger partial charge on any atom is 0.165 e. The summed E-state index contributed by atoms with van der Waals surface area (Å²) in [5.74, 6) is 0.872. The number of likely N-dealkylation sites (N-methyl/N-ethyl adjacent to an activating group) is 1. The molecule has 1 aliphatic heterocycles. The summed E-state index contributed by atoms with van der Waals surface area (Å²) in [6.07, 6.45) is 2.99. The summed E-state index contributed by atoms with van der Waals surface area (Å²) >= 11 is 0. The lowest BCUT2D eigenvalue weighted by molar-refractivity contribution is -0.0821. The highest BCUT2D eigenvalue weighted by atomic mass is 16.5. The molecule has 6 nitrogen and oxygen atoms in total. The zero-order valence-electron chi connectivity index (χ0n) is 16.4. The zero-order valence-corrected chi connectivity index (χ0v) is 16.4. The van der Waals surface area contributed by atoms with Crippen LogP contribution < -0.4 is 4.74 Å². The second kappa shape index (κ2) is 6.67. The molecular formula is C21H30N2O4. The fraction of sp³-hybridized carbons (Fsp3) is 0.667. The quantitative estimate of drug-likeness (QED) is 0.545. The SMILES string of the molecule is CCN(CC1CC1)C(C)C1(O)CC/C(=N/O)C2Oc3c(O)ccc(C)c3C21. The molecule has 0 aromatic heterocycles. The Morgan fingerprint density at radius 3 is 2.74 bits per heavy atom. The first kappa shape index (κ1) is 18.6. The van der Waals surface area contributed by atoms with Gasteiger partial charge in [-0.05, 0) is 63.6 Å². The Labute approximate surface area is 160 Å². The van der Waals surface area contributed by atoms with Crippen LogP contribution >= 0.6 is 0 Å². The number of rotatable bonds is 5. The lowest BCUT2D eigenvalue weighted by Crippen LogP contribution is -2.60. The maximum absolute atomic E-state index is 12.0. The molecule has 148 valence electrons. The van der Waals surface area contributed by atoms with E-state index < -0.39 is 11.7 Å². The Morgan fingerprint density at radius 1 is 1.37 bits per heavy atom. The molecule has 1 aromatic carbocycles. The van der Waals surface area contributed by atoms with E-state index >= 15 is 0 Å². The van der Waals surface area contributed by atoms with Gasteiger partial charge in [0.1, 0.15) is 6.10 Å². The number of aryl methyl sites for hydroxylation is 1. The van der Waals surface area contributed by atoms with Crippen LogP contribution in [-0.2, 0) is 0 Å². The van der Waals surface area contributed by atoms with E-state index in [1.165, 1.54) is 12.8 Å². The highest BCUT2D eigenvalue weighted by Gasteiger charge is 2.58. The van der Waals surface area contributed by atoms with Gasteiger partial charge in [0.2, 0.25) is 0 Å². The van der Waals surface area contributed by atoms with Crippen LogP contribution in [0.5, 0.6) is 11.5 Å². The van der Waals surface area contributed by atoms with Crippen molar-refractivity contribution < 1.29 is 20.2 Å². The van der Waals surface area contributed by atoms with Crippen molar-refractivity contribution in [2.45, 2.75) is 70.1 Å². The summed E-state index contributed by atoms with van der Waals surface area (Å²) in [6, 6.07) is 3.42. The average Bonchev–Trinajstić information content (AvgIpc) is 3.38. The number of hydrogen-bond donors (Lipinski definition) is 3. The molecule has 4 unspecified atom stereocenters. The first-order valence-electron chi connectivity index (χ1n) is 10.1. The topological polar surface area (TPSA) is 85.5 Å². The number of nitrogens with zero attached hydrogens (tertiary/aromatic N) is 2. The van der Waals surface area contributed by atoms with Gasteiger partial charge in [-0.25, -0.2) is 0 Å². The number of phenols is 1. The van der Waals surface area contributed by atoms with E-state index in [0.717, 1.165) is 30.1 Å². The number of aliphatic hydroxyl groups is 1. The Morgan fingerprint density at radius 2 is 2.11 bits per heavy atom. The van der Waals surface area contributed by atoms with Crippen LogP contribution in [0.15, 0.2) is 17.3 Å². The van der Waals surface area contributed by atoms with E-state index in [-0.39, 0.29) is 17.7 Å². The van der Waals surface area contributed by atoms with Gasteiger partial charge in [-0.3, -0.25) is 4.90 Å². The first-order valence-corrected chi connectivity index (χ1v) is 10.1. The number of oxime groups is 1. The first-order chi connectivity index (χ1) is 12.9. The van der Waals surface area contributed by atoms with Gasteiger partial charge in [0.05, 0.1) is 17.2 Å². The Bertz CT molecular complexity index is 761. The molecule has 0 amide bonds. The summed E-state index contributed by atoms with van der Waals surface area (Å²) in [5, 5.41) is 35.3. The van der Waals surface area contributed by atoms with Gasteiger partial charge in [-0.2, -0.15) is 0 Å². The van der Waals surface area contributed by atoms with E-state index in [9.17, 15) is 15.4 Å². The van der Waals surface area contributed by atoms with E-state index in [4.69, 9.17) is 4.74 Å². The highest BCUT2D eigenvalue weighted by molar-refractivity contribution is 5.92. The van der Waals surface area contributed by atoms with Gasteiger partial charge < -0.3 is 20.2 Å². The van der Waals surface area contributed by atoms with Crippen molar-refractivity contribution in [1.29, 1.82) is 0 Å². The van der Waals surface area contributed by atoms with Gasteiger partial charge in [0, 0.05) is 18.2 Å². The maximum atomic E-state index is 12.0. The summed E-state index contributed by atoms with van der Waals surface area (Å²) in [5.41, 5.74) is 1.34. The summed E-state index contributed by atoms with van der Waals surface area (Å²) in [7, 11) is 0. The van der Waals surface area contributed by atoms with Gasteiger partial charge in [0.15, 0.2) is 11.5 Å². The molecule has 2 saturated carbocycles. The van der Waals surface area contributed by atoms with Crippen LogP contribution in [0, 0.1) is 12.8 Å². The van der Waals surface area contributed by atoms with Crippen molar-refractivity contribution in [2.24, 2.45) is 11.1 Å². The molecule has 2 aliphatic carbocycles. The van der Waals surface area contributed by atoms with Crippen molar-refractivity contribution in [2.75, 3.05) is 13.1 Å². The third-order valence-electron chi connectivity index (χ3n) is 6.90. The van der Waals surface area contributed by atoms with Crippen LogP contribution in [-0.4, -0.2) is 56.9 Å². The molecule has 6 heteroatoms. The monoisotopic (exact) mass is 374 g/mol.